The molecule has 1 rings (SSSR count). The Morgan fingerprint density at radius 2 is 1.39 bits per heavy atom. The van der Waals surface area contributed by atoms with Crippen LogP contribution < -0.4 is 0 Å². The predicted octanol–water partition coefficient (Wildman–Crippen LogP) is -2.99. The summed E-state index contributed by atoms with van der Waals surface area (Å²) in [6.07, 6.45) is 0. The Balaban J connectivity index is 2.93. The Kier molecular flexibility index (Phi) is 6.19. The number of rotatable bonds is 8. The van der Waals surface area contributed by atoms with E-state index in [4.69, 9.17) is 15.3 Å². The van der Waals surface area contributed by atoms with E-state index in [2.05, 4.69) is 4.74 Å². The van der Waals surface area contributed by atoms with E-state index in [0.717, 1.165) is 12.1 Å². The normalized spacial score (nSPS) is 13.0. The second-order valence-corrected chi connectivity index (χ2v) is 5.26. The van der Waals surface area contributed by atoms with E-state index >= 15 is 0 Å². The number of esters is 1. The molecule has 0 aromatic heterocycles. The maximum Gasteiger partial charge on any atom is 0.372 e. The lowest BCUT2D eigenvalue weighted by atomic mass is 9.92. The summed E-state index contributed by atoms with van der Waals surface area (Å²) in [4.78, 5) is 11.8. The largest absolute Gasteiger partial charge is 0.461 e. The van der Waals surface area contributed by atoms with Crippen molar-refractivity contribution in [3.05, 3.63) is 35.9 Å². The Labute approximate surface area is 131 Å². The van der Waals surface area contributed by atoms with Crippen molar-refractivity contribution in [1.29, 1.82) is 0 Å². The minimum Gasteiger partial charge on any atom is -0.461 e. The van der Waals surface area contributed by atoms with Crippen LogP contribution in [0.4, 0.5) is 0 Å². The molecule has 0 aliphatic carbocycles. The zero-order valence-electron chi connectivity index (χ0n) is 12.2. The fourth-order valence-corrected chi connectivity index (χ4v) is 1.62. The molecule has 0 spiro atoms. The van der Waals surface area contributed by atoms with Gasteiger partial charge in [-0.2, -0.15) is 0 Å². The summed E-state index contributed by atoms with van der Waals surface area (Å²) < 4.78 is 4.51. The highest BCUT2D eigenvalue weighted by Crippen LogP contribution is 2.30. The molecule has 1 aromatic rings. The molecule has 130 valence electrons. The maximum absolute atomic E-state index is 11.8. The second kappa shape index (κ2) is 7.32. The van der Waals surface area contributed by atoms with Gasteiger partial charge in [0.2, 0.25) is 0 Å². The summed E-state index contributed by atoms with van der Waals surface area (Å²) in [7, 11) is 0. The highest BCUT2D eigenvalue weighted by Gasteiger charge is 2.56. The fourth-order valence-electron chi connectivity index (χ4n) is 1.62. The first-order valence-corrected chi connectivity index (χ1v) is 6.61. The zero-order valence-corrected chi connectivity index (χ0v) is 12.2. The van der Waals surface area contributed by atoms with Crippen molar-refractivity contribution in [2.45, 2.75) is 11.6 Å². The number of ether oxygens (including phenoxy) is 1. The molecule has 0 amide bonds. The monoisotopic (exact) mass is 332 g/mol. The molecule has 1 aromatic carbocycles. The van der Waals surface area contributed by atoms with Crippen LogP contribution in [0.1, 0.15) is 5.56 Å². The van der Waals surface area contributed by atoms with Gasteiger partial charge in [0.25, 0.3) is 5.79 Å². The third kappa shape index (κ3) is 3.85. The summed E-state index contributed by atoms with van der Waals surface area (Å²) in [6, 6.07) is 6.59. The zero-order chi connectivity index (χ0) is 17.7. The van der Waals surface area contributed by atoms with Crippen LogP contribution in [-0.2, 0) is 15.3 Å². The first-order valence-electron chi connectivity index (χ1n) is 6.61. The molecule has 7 N–H and O–H groups in total. The van der Waals surface area contributed by atoms with Gasteiger partial charge >= 0.3 is 11.8 Å². The molecule has 0 bridgehead atoms. The van der Waals surface area contributed by atoms with Crippen molar-refractivity contribution in [3.8, 4) is 0 Å². The lowest BCUT2D eigenvalue weighted by Gasteiger charge is -2.34. The molecular weight excluding hydrogens is 312 g/mol. The second-order valence-electron chi connectivity index (χ2n) is 5.26. The lowest BCUT2D eigenvalue weighted by molar-refractivity contribution is -0.354. The highest BCUT2D eigenvalue weighted by atomic mass is 16.6. The van der Waals surface area contributed by atoms with E-state index < -0.39 is 49.4 Å². The van der Waals surface area contributed by atoms with Crippen LogP contribution in [0.25, 0.3) is 0 Å². The van der Waals surface area contributed by atoms with Gasteiger partial charge in [0.05, 0.1) is 25.2 Å². The first kappa shape index (κ1) is 19.5. The van der Waals surface area contributed by atoms with Gasteiger partial charge in [0.15, 0.2) is 0 Å². The third-order valence-electron chi connectivity index (χ3n) is 3.46. The van der Waals surface area contributed by atoms with Gasteiger partial charge in [-0.15, -0.1) is 0 Å². The number of benzene rings is 1. The molecule has 9 heteroatoms. The highest BCUT2D eigenvalue weighted by molar-refractivity contribution is 5.78. The van der Waals surface area contributed by atoms with Crippen LogP contribution in [0.15, 0.2) is 30.3 Å². The minimum absolute atomic E-state index is 0.375. The average Bonchev–Trinajstić information content (AvgIpc) is 2.57. The summed E-state index contributed by atoms with van der Waals surface area (Å²) in [5, 5.41) is 66.6. The number of carbonyl (C=O) groups is 1. The van der Waals surface area contributed by atoms with Crippen LogP contribution in [-0.4, -0.2) is 73.9 Å². The van der Waals surface area contributed by atoms with Crippen LogP contribution >= 0.6 is 0 Å². The van der Waals surface area contributed by atoms with E-state index in [9.17, 15) is 25.2 Å². The maximum atomic E-state index is 11.8. The minimum atomic E-state index is -3.72. The van der Waals surface area contributed by atoms with Crippen molar-refractivity contribution < 1.29 is 45.3 Å². The molecule has 0 atom stereocenters. The number of aliphatic hydroxyl groups excluding tert-OH is 3. The Morgan fingerprint density at radius 3 is 1.83 bits per heavy atom. The summed E-state index contributed by atoms with van der Waals surface area (Å²) in [6.45, 7) is -3.03. The van der Waals surface area contributed by atoms with E-state index in [1.807, 2.05) is 0 Å². The van der Waals surface area contributed by atoms with Gasteiger partial charge in [-0.1, -0.05) is 30.3 Å². The summed E-state index contributed by atoms with van der Waals surface area (Å²) >= 11 is 0. The number of aliphatic hydroxyl groups is 7. The summed E-state index contributed by atoms with van der Waals surface area (Å²) in [5.74, 6) is -8.92. The van der Waals surface area contributed by atoms with E-state index in [1.54, 1.807) is 0 Å². The smallest absolute Gasteiger partial charge is 0.372 e. The van der Waals surface area contributed by atoms with Gasteiger partial charge < -0.3 is 40.5 Å². The van der Waals surface area contributed by atoms with Gasteiger partial charge in [0.1, 0.15) is 6.61 Å². The molecule has 0 unspecified atom stereocenters. The topological polar surface area (TPSA) is 168 Å². The first-order chi connectivity index (χ1) is 10.7. The molecular formula is C14H20O9. The number of hydrogen-bond donors (Lipinski definition) is 7. The lowest BCUT2D eigenvalue weighted by Crippen LogP contribution is -2.58. The molecule has 0 radical (unpaired) electrons. The van der Waals surface area contributed by atoms with Crippen molar-refractivity contribution in [1.82, 2.24) is 0 Å². The van der Waals surface area contributed by atoms with Crippen LogP contribution in [0.2, 0.25) is 0 Å². The molecule has 23 heavy (non-hydrogen) atoms. The summed E-state index contributed by atoms with van der Waals surface area (Å²) in [5.41, 5.74) is -1.98. The molecule has 0 aliphatic heterocycles. The quantitative estimate of drug-likeness (QED) is 0.194. The third-order valence-corrected chi connectivity index (χ3v) is 3.46. The SMILES string of the molecule is O=C(OCC(CO)(CO)CO)C(O)(O)C(O)(O)c1ccccc1. The average molecular weight is 332 g/mol. The van der Waals surface area contributed by atoms with E-state index in [-0.39, 0.29) is 5.56 Å². The van der Waals surface area contributed by atoms with Crippen LogP contribution in [0, 0.1) is 5.41 Å². The van der Waals surface area contributed by atoms with Crippen LogP contribution in [0.3, 0.4) is 0 Å². The number of hydrogen-bond acceptors (Lipinski definition) is 9. The molecule has 0 heterocycles. The number of carbonyl (C=O) groups excluding carboxylic acids is 1. The Hall–Kier alpha value is -1.59. The van der Waals surface area contributed by atoms with Gasteiger partial charge in [0, 0.05) is 5.56 Å². The van der Waals surface area contributed by atoms with E-state index in [1.165, 1.54) is 18.2 Å². The van der Waals surface area contributed by atoms with Gasteiger partial charge in [-0.05, 0) is 0 Å². The molecule has 0 aliphatic rings. The molecule has 0 saturated heterocycles. The van der Waals surface area contributed by atoms with Crippen molar-refractivity contribution >= 4 is 5.97 Å². The fraction of sp³-hybridized carbons (Fsp3) is 0.500. The molecule has 0 saturated carbocycles. The standard InChI is InChI=1S/C14H20O9/c15-6-12(7-16,8-17)9-23-11(18)14(21,22)13(19,20)10-4-2-1-3-5-10/h1-5,15-17,19-22H,6-9H2. The van der Waals surface area contributed by atoms with Crippen molar-refractivity contribution in [2.24, 2.45) is 5.41 Å². The van der Waals surface area contributed by atoms with E-state index in [0.29, 0.717) is 0 Å². The van der Waals surface area contributed by atoms with Crippen molar-refractivity contribution in [2.75, 3.05) is 26.4 Å². The van der Waals surface area contributed by atoms with Crippen molar-refractivity contribution in [3.63, 3.8) is 0 Å². The predicted molar refractivity (Wildman–Crippen MR) is 74.4 cm³/mol. The Bertz CT molecular complexity index is 500. The van der Waals surface area contributed by atoms with Gasteiger partial charge in [-0.3, -0.25) is 0 Å². The van der Waals surface area contributed by atoms with Gasteiger partial charge in [-0.25, -0.2) is 4.79 Å². The molecule has 0 fully saturated rings. The van der Waals surface area contributed by atoms with Crippen LogP contribution in [0.5, 0.6) is 0 Å². The Morgan fingerprint density at radius 1 is 0.913 bits per heavy atom. The molecule has 9 nitrogen and oxygen atoms in total.